The molecular weight excluding hydrogens is 262 g/mol. The second-order valence-corrected chi connectivity index (χ2v) is 4.95. The van der Waals surface area contributed by atoms with E-state index in [9.17, 15) is 15.0 Å². The standard InChI is InChI=1S/C14H19NO5/c1-19-14(20-2)8-15(9-14)12(13(17)18)7-10-3-5-11(16)6-4-10/h3-6,12,16H,7-9H2,1-2H3,(H,17,18). The Morgan fingerprint density at radius 3 is 2.30 bits per heavy atom. The van der Waals surface area contributed by atoms with Crippen LogP contribution in [0.25, 0.3) is 0 Å². The fraction of sp³-hybridized carbons (Fsp3) is 0.500. The Balaban J connectivity index is 2.02. The average Bonchev–Trinajstić information content (AvgIpc) is 2.39. The topological polar surface area (TPSA) is 79.2 Å². The van der Waals surface area contributed by atoms with Gasteiger partial charge in [0.2, 0.25) is 0 Å². The van der Waals surface area contributed by atoms with Crippen molar-refractivity contribution in [3.8, 4) is 5.75 Å². The van der Waals surface area contributed by atoms with E-state index in [-0.39, 0.29) is 5.75 Å². The van der Waals surface area contributed by atoms with Gasteiger partial charge in [-0.15, -0.1) is 0 Å². The van der Waals surface area contributed by atoms with Gasteiger partial charge < -0.3 is 19.7 Å². The van der Waals surface area contributed by atoms with Crippen LogP contribution in [-0.4, -0.2) is 60.2 Å². The van der Waals surface area contributed by atoms with Crippen LogP contribution >= 0.6 is 0 Å². The normalized spacial score (nSPS) is 19.3. The Hall–Kier alpha value is -1.63. The molecule has 0 aliphatic carbocycles. The van der Waals surface area contributed by atoms with Gasteiger partial charge in [-0.2, -0.15) is 0 Å². The molecule has 1 saturated heterocycles. The van der Waals surface area contributed by atoms with Crippen LogP contribution in [0.4, 0.5) is 0 Å². The number of benzene rings is 1. The number of aromatic hydroxyl groups is 1. The lowest BCUT2D eigenvalue weighted by atomic mass is 9.98. The zero-order valence-corrected chi connectivity index (χ0v) is 11.6. The van der Waals surface area contributed by atoms with Crippen LogP contribution in [0.2, 0.25) is 0 Å². The van der Waals surface area contributed by atoms with Gasteiger partial charge in [0, 0.05) is 14.2 Å². The van der Waals surface area contributed by atoms with Crippen LogP contribution in [0, 0.1) is 0 Å². The first-order valence-corrected chi connectivity index (χ1v) is 6.35. The molecule has 0 amide bonds. The summed E-state index contributed by atoms with van der Waals surface area (Å²) in [6.45, 7) is 0.851. The molecule has 0 radical (unpaired) electrons. The highest BCUT2D eigenvalue weighted by atomic mass is 16.7. The third kappa shape index (κ3) is 2.92. The maximum atomic E-state index is 11.4. The van der Waals surface area contributed by atoms with Gasteiger partial charge in [0.25, 0.3) is 0 Å². The Kier molecular flexibility index (Phi) is 4.27. The molecule has 1 aromatic carbocycles. The van der Waals surface area contributed by atoms with E-state index in [1.165, 1.54) is 0 Å². The number of nitrogens with zero attached hydrogens (tertiary/aromatic N) is 1. The van der Waals surface area contributed by atoms with Gasteiger partial charge in [-0.05, 0) is 24.1 Å². The molecule has 6 heteroatoms. The summed E-state index contributed by atoms with van der Waals surface area (Å²) in [7, 11) is 3.10. The van der Waals surface area contributed by atoms with Gasteiger partial charge in [-0.3, -0.25) is 9.69 Å². The van der Waals surface area contributed by atoms with Crippen LogP contribution in [-0.2, 0) is 20.7 Å². The van der Waals surface area contributed by atoms with Gasteiger partial charge in [0.05, 0.1) is 13.1 Å². The molecular formula is C14H19NO5. The molecule has 0 saturated carbocycles. The van der Waals surface area contributed by atoms with E-state index in [0.717, 1.165) is 5.56 Å². The molecule has 20 heavy (non-hydrogen) atoms. The summed E-state index contributed by atoms with van der Waals surface area (Å²) in [5, 5.41) is 18.6. The molecule has 1 unspecified atom stereocenters. The molecule has 1 aliphatic rings. The molecule has 0 spiro atoms. The van der Waals surface area contributed by atoms with E-state index < -0.39 is 17.8 Å². The number of hydrogen-bond donors (Lipinski definition) is 2. The summed E-state index contributed by atoms with van der Waals surface area (Å²) >= 11 is 0. The molecule has 110 valence electrons. The van der Waals surface area contributed by atoms with Gasteiger partial charge in [-0.25, -0.2) is 0 Å². The summed E-state index contributed by atoms with van der Waals surface area (Å²) in [6.07, 6.45) is 0.374. The van der Waals surface area contributed by atoms with Crippen molar-refractivity contribution in [2.75, 3.05) is 27.3 Å². The van der Waals surface area contributed by atoms with E-state index in [1.54, 1.807) is 38.5 Å². The predicted octanol–water partition coefficient (Wildman–Crippen LogP) is 0.693. The number of ether oxygens (including phenoxy) is 2. The molecule has 1 atom stereocenters. The minimum absolute atomic E-state index is 0.169. The molecule has 1 heterocycles. The quantitative estimate of drug-likeness (QED) is 0.747. The van der Waals surface area contributed by atoms with Crippen LogP contribution in [0.3, 0.4) is 0 Å². The lowest BCUT2D eigenvalue weighted by Crippen LogP contribution is -2.68. The lowest BCUT2D eigenvalue weighted by Gasteiger charge is -2.49. The molecule has 1 aliphatic heterocycles. The lowest BCUT2D eigenvalue weighted by molar-refractivity contribution is -0.281. The second kappa shape index (κ2) is 5.78. The third-order valence-electron chi connectivity index (χ3n) is 3.72. The maximum Gasteiger partial charge on any atom is 0.321 e. The van der Waals surface area contributed by atoms with Gasteiger partial charge in [-0.1, -0.05) is 12.1 Å². The molecule has 1 aromatic rings. The monoisotopic (exact) mass is 281 g/mol. The number of carboxylic acids is 1. The van der Waals surface area contributed by atoms with Crippen molar-refractivity contribution >= 4 is 5.97 Å². The van der Waals surface area contributed by atoms with Gasteiger partial charge in [0.15, 0.2) is 5.79 Å². The predicted molar refractivity (Wildman–Crippen MR) is 71.6 cm³/mol. The molecule has 2 rings (SSSR count). The number of phenolic OH excluding ortho intramolecular Hbond substituents is 1. The summed E-state index contributed by atoms with van der Waals surface area (Å²) < 4.78 is 10.5. The Bertz CT molecular complexity index is 461. The molecule has 2 N–H and O–H groups in total. The average molecular weight is 281 g/mol. The first-order valence-electron chi connectivity index (χ1n) is 6.35. The van der Waals surface area contributed by atoms with Crippen molar-refractivity contribution in [2.45, 2.75) is 18.2 Å². The Morgan fingerprint density at radius 1 is 1.30 bits per heavy atom. The number of methoxy groups -OCH3 is 2. The van der Waals surface area contributed by atoms with Crippen molar-refractivity contribution in [3.63, 3.8) is 0 Å². The van der Waals surface area contributed by atoms with Gasteiger partial charge in [0.1, 0.15) is 11.8 Å². The van der Waals surface area contributed by atoms with Crippen LogP contribution in [0.5, 0.6) is 5.75 Å². The van der Waals surface area contributed by atoms with E-state index >= 15 is 0 Å². The van der Waals surface area contributed by atoms with Crippen molar-refractivity contribution < 1.29 is 24.5 Å². The third-order valence-corrected chi connectivity index (χ3v) is 3.72. The van der Waals surface area contributed by atoms with E-state index in [2.05, 4.69) is 0 Å². The number of phenols is 1. The summed E-state index contributed by atoms with van der Waals surface area (Å²) in [6, 6.07) is 5.94. The summed E-state index contributed by atoms with van der Waals surface area (Å²) in [5.74, 6) is -1.40. The van der Waals surface area contributed by atoms with Crippen molar-refractivity contribution in [1.29, 1.82) is 0 Å². The van der Waals surface area contributed by atoms with E-state index in [4.69, 9.17) is 9.47 Å². The summed E-state index contributed by atoms with van der Waals surface area (Å²) in [4.78, 5) is 13.2. The minimum atomic E-state index is -0.876. The van der Waals surface area contributed by atoms with Crippen molar-refractivity contribution in [2.24, 2.45) is 0 Å². The maximum absolute atomic E-state index is 11.4. The summed E-state index contributed by atoms with van der Waals surface area (Å²) in [5.41, 5.74) is 0.863. The Labute approximate surface area is 117 Å². The van der Waals surface area contributed by atoms with Crippen LogP contribution in [0.1, 0.15) is 5.56 Å². The first kappa shape index (κ1) is 14.8. The molecule has 6 nitrogen and oxygen atoms in total. The van der Waals surface area contributed by atoms with Crippen molar-refractivity contribution in [1.82, 2.24) is 4.90 Å². The second-order valence-electron chi connectivity index (χ2n) is 4.95. The van der Waals surface area contributed by atoms with Crippen LogP contribution in [0.15, 0.2) is 24.3 Å². The number of carbonyl (C=O) groups is 1. The fourth-order valence-electron chi connectivity index (χ4n) is 2.36. The number of rotatable bonds is 6. The van der Waals surface area contributed by atoms with Crippen LogP contribution < -0.4 is 0 Å². The van der Waals surface area contributed by atoms with E-state index in [1.807, 2.05) is 4.90 Å². The number of aliphatic carboxylic acids is 1. The number of carboxylic acid groups (broad SMARTS) is 1. The number of hydrogen-bond acceptors (Lipinski definition) is 5. The first-order chi connectivity index (χ1) is 9.49. The molecule has 1 fully saturated rings. The van der Waals surface area contributed by atoms with Crippen molar-refractivity contribution in [3.05, 3.63) is 29.8 Å². The highest BCUT2D eigenvalue weighted by molar-refractivity contribution is 5.74. The smallest absolute Gasteiger partial charge is 0.321 e. The SMILES string of the molecule is COC1(OC)CN(C(Cc2ccc(O)cc2)C(=O)O)C1. The molecule has 0 aromatic heterocycles. The van der Waals surface area contributed by atoms with Gasteiger partial charge >= 0.3 is 5.97 Å². The largest absolute Gasteiger partial charge is 0.508 e. The molecule has 0 bridgehead atoms. The highest BCUT2D eigenvalue weighted by Crippen LogP contribution is 2.28. The fourth-order valence-corrected chi connectivity index (χ4v) is 2.36. The number of likely N-dealkylation sites (tertiary alicyclic amines) is 1. The highest BCUT2D eigenvalue weighted by Gasteiger charge is 2.48. The minimum Gasteiger partial charge on any atom is -0.508 e. The zero-order valence-electron chi connectivity index (χ0n) is 11.6. The van der Waals surface area contributed by atoms with E-state index in [0.29, 0.717) is 19.5 Å². The zero-order chi connectivity index (χ0) is 14.8. The Morgan fingerprint density at radius 2 is 1.85 bits per heavy atom.